The molecule has 0 atom stereocenters. The summed E-state index contributed by atoms with van der Waals surface area (Å²) in [5, 5.41) is 4.00. The van der Waals surface area contributed by atoms with Crippen molar-refractivity contribution in [3.63, 3.8) is 0 Å². The number of nitrogens with two attached hydrogens (primary N) is 1. The fourth-order valence-corrected chi connectivity index (χ4v) is 3.44. The molecule has 0 aliphatic heterocycles. The van der Waals surface area contributed by atoms with Crippen molar-refractivity contribution in [1.82, 2.24) is 14.8 Å². The third-order valence-electron chi connectivity index (χ3n) is 2.50. The maximum atomic E-state index is 11.9. The molecule has 1 aromatic carbocycles. The van der Waals surface area contributed by atoms with Crippen molar-refractivity contribution in [2.24, 2.45) is 0 Å². The maximum absolute atomic E-state index is 11.9. The van der Waals surface area contributed by atoms with Crippen molar-refractivity contribution in [3.05, 3.63) is 29.0 Å². The fraction of sp³-hybridized carbons (Fsp3) is 0.273. The van der Waals surface area contributed by atoms with E-state index >= 15 is 0 Å². The Kier molecular flexibility index (Phi) is 3.91. The largest absolute Gasteiger partial charge is 0.366 e. The Morgan fingerprint density at radius 3 is 2.42 bits per heavy atom. The summed E-state index contributed by atoms with van der Waals surface area (Å²) < 4.78 is 25.7. The Hall–Kier alpha value is -1.41. The molecular weight excluding hydrogens is 332 g/mol. The fourth-order valence-electron chi connectivity index (χ4n) is 1.65. The van der Waals surface area contributed by atoms with Gasteiger partial charge in [-0.3, -0.25) is 0 Å². The number of hydrogen-bond donors (Lipinski definition) is 1. The number of nitrogens with zero attached hydrogens (tertiary/aromatic N) is 3. The first-order valence-corrected chi connectivity index (χ1v) is 8.10. The highest BCUT2D eigenvalue weighted by Crippen LogP contribution is 2.19. The SMILES string of the molecule is CCCS(=O)(=O)c1ccc(-n2nc(N)nc2Br)cc1. The minimum Gasteiger partial charge on any atom is -0.366 e. The number of benzene rings is 1. The van der Waals surface area contributed by atoms with Crippen LogP contribution in [0.5, 0.6) is 0 Å². The molecule has 0 radical (unpaired) electrons. The molecular formula is C11H13BrN4O2S. The first-order valence-electron chi connectivity index (χ1n) is 5.65. The lowest BCUT2D eigenvalue weighted by Crippen LogP contribution is -2.06. The van der Waals surface area contributed by atoms with Gasteiger partial charge < -0.3 is 5.73 Å². The molecule has 0 aliphatic rings. The van der Waals surface area contributed by atoms with Crippen molar-refractivity contribution < 1.29 is 8.42 Å². The zero-order valence-corrected chi connectivity index (χ0v) is 12.6. The highest BCUT2D eigenvalue weighted by molar-refractivity contribution is 9.10. The molecule has 8 heteroatoms. The molecule has 0 saturated carbocycles. The van der Waals surface area contributed by atoms with Crippen LogP contribution >= 0.6 is 15.9 Å². The molecule has 2 aromatic rings. The molecule has 0 amide bonds. The van der Waals surface area contributed by atoms with Crippen LogP contribution in [0, 0.1) is 0 Å². The smallest absolute Gasteiger partial charge is 0.240 e. The van der Waals surface area contributed by atoms with Gasteiger partial charge in [0.05, 0.1) is 16.3 Å². The van der Waals surface area contributed by atoms with Crippen LogP contribution in [-0.2, 0) is 9.84 Å². The lowest BCUT2D eigenvalue weighted by molar-refractivity contribution is 0.594. The van der Waals surface area contributed by atoms with E-state index in [-0.39, 0.29) is 11.7 Å². The molecule has 19 heavy (non-hydrogen) atoms. The molecule has 0 bridgehead atoms. The number of halogens is 1. The summed E-state index contributed by atoms with van der Waals surface area (Å²) >= 11 is 3.23. The second kappa shape index (κ2) is 5.30. The number of anilines is 1. The van der Waals surface area contributed by atoms with E-state index in [9.17, 15) is 8.42 Å². The Labute approximate surface area is 119 Å². The van der Waals surface area contributed by atoms with Crippen molar-refractivity contribution in [2.45, 2.75) is 18.2 Å². The zero-order valence-electron chi connectivity index (χ0n) is 10.2. The van der Waals surface area contributed by atoms with E-state index in [0.29, 0.717) is 21.7 Å². The topological polar surface area (TPSA) is 90.9 Å². The van der Waals surface area contributed by atoms with Gasteiger partial charge in [0.2, 0.25) is 10.7 Å². The van der Waals surface area contributed by atoms with Gasteiger partial charge in [-0.1, -0.05) is 6.92 Å². The maximum Gasteiger partial charge on any atom is 0.240 e. The van der Waals surface area contributed by atoms with Crippen molar-refractivity contribution >= 4 is 31.7 Å². The molecule has 2 N–H and O–H groups in total. The summed E-state index contributed by atoms with van der Waals surface area (Å²) in [6, 6.07) is 6.46. The highest BCUT2D eigenvalue weighted by Gasteiger charge is 2.14. The molecule has 1 aromatic heterocycles. The van der Waals surface area contributed by atoms with E-state index in [4.69, 9.17) is 5.73 Å². The molecule has 0 unspecified atom stereocenters. The summed E-state index contributed by atoms with van der Waals surface area (Å²) in [6.07, 6.45) is 0.593. The van der Waals surface area contributed by atoms with Gasteiger partial charge in [-0.15, -0.1) is 5.10 Å². The number of aromatic nitrogens is 3. The van der Waals surface area contributed by atoms with E-state index < -0.39 is 9.84 Å². The molecule has 0 saturated heterocycles. The summed E-state index contributed by atoms with van der Waals surface area (Å²) in [5.74, 6) is 0.293. The lowest BCUT2D eigenvalue weighted by atomic mass is 10.3. The monoisotopic (exact) mass is 344 g/mol. The average molecular weight is 345 g/mol. The molecule has 0 spiro atoms. The standard InChI is InChI=1S/C11H13BrN4O2S/c1-2-7-19(17,18)9-5-3-8(4-6-9)16-10(12)14-11(13)15-16/h3-6H,2,7H2,1H3,(H2,13,15). The predicted molar refractivity (Wildman–Crippen MR) is 75.8 cm³/mol. The van der Waals surface area contributed by atoms with Gasteiger partial charge in [0.25, 0.3) is 0 Å². The lowest BCUT2D eigenvalue weighted by Gasteiger charge is -2.05. The minimum absolute atomic E-state index is 0.145. The van der Waals surface area contributed by atoms with Gasteiger partial charge in [-0.25, -0.2) is 13.1 Å². The van der Waals surface area contributed by atoms with Crippen LogP contribution in [0.1, 0.15) is 13.3 Å². The van der Waals surface area contributed by atoms with Crippen molar-refractivity contribution in [1.29, 1.82) is 0 Å². The van der Waals surface area contributed by atoms with E-state index in [0.717, 1.165) is 0 Å². The number of nitrogen functional groups attached to an aromatic ring is 1. The van der Waals surface area contributed by atoms with E-state index in [1.165, 1.54) is 4.68 Å². The zero-order chi connectivity index (χ0) is 14.0. The number of hydrogen-bond acceptors (Lipinski definition) is 5. The first-order chi connectivity index (χ1) is 8.94. The number of sulfone groups is 1. The minimum atomic E-state index is -3.20. The Balaban J connectivity index is 2.36. The Morgan fingerprint density at radius 2 is 1.95 bits per heavy atom. The van der Waals surface area contributed by atoms with Crippen LogP contribution in [-0.4, -0.2) is 28.9 Å². The molecule has 6 nitrogen and oxygen atoms in total. The Bertz CT molecular complexity index is 679. The second-order valence-corrected chi connectivity index (χ2v) is 6.78. The quantitative estimate of drug-likeness (QED) is 0.912. The summed E-state index contributed by atoms with van der Waals surface area (Å²) in [4.78, 5) is 4.22. The Morgan fingerprint density at radius 1 is 1.32 bits per heavy atom. The molecule has 2 rings (SSSR count). The van der Waals surface area contributed by atoms with Crippen LogP contribution in [0.4, 0.5) is 5.95 Å². The van der Waals surface area contributed by atoms with Crippen LogP contribution in [0.2, 0.25) is 0 Å². The number of rotatable bonds is 4. The van der Waals surface area contributed by atoms with Crippen molar-refractivity contribution in [3.8, 4) is 5.69 Å². The second-order valence-electron chi connectivity index (χ2n) is 3.96. The third-order valence-corrected chi connectivity index (χ3v) is 4.95. The van der Waals surface area contributed by atoms with Crippen LogP contribution in [0.15, 0.2) is 33.9 Å². The summed E-state index contributed by atoms with van der Waals surface area (Å²) in [6.45, 7) is 1.83. The molecule has 0 aliphatic carbocycles. The summed E-state index contributed by atoms with van der Waals surface area (Å²) in [7, 11) is -3.20. The van der Waals surface area contributed by atoms with Crippen LogP contribution in [0.3, 0.4) is 0 Å². The van der Waals surface area contributed by atoms with Gasteiger partial charge >= 0.3 is 0 Å². The van der Waals surface area contributed by atoms with Gasteiger partial charge in [0.1, 0.15) is 0 Å². The third kappa shape index (κ3) is 2.95. The predicted octanol–water partition coefficient (Wildman–Crippen LogP) is 1.80. The normalized spacial score (nSPS) is 11.7. The van der Waals surface area contributed by atoms with Crippen molar-refractivity contribution in [2.75, 3.05) is 11.5 Å². The van der Waals surface area contributed by atoms with Gasteiger partial charge in [-0.05, 0) is 46.6 Å². The molecule has 102 valence electrons. The average Bonchev–Trinajstić information content (AvgIpc) is 2.68. The molecule has 1 heterocycles. The van der Waals surface area contributed by atoms with Gasteiger partial charge in [0, 0.05) is 0 Å². The van der Waals surface area contributed by atoms with E-state index in [1.54, 1.807) is 24.3 Å². The highest BCUT2D eigenvalue weighted by atomic mass is 79.9. The van der Waals surface area contributed by atoms with Gasteiger partial charge in [-0.2, -0.15) is 4.98 Å². The van der Waals surface area contributed by atoms with Crippen LogP contribution < -0.4 is 5.73 Å². The van der Waals surface area contributed by atoms with Gasteiger partial charge in [0.15, 0.2) is 9.84 Å². The van der Waals surface area contributed by atoms with E-state index in [2.05, 4.69) is 26.0 Å². The molecule has 0 fully saturated rings. The summed E-state index contributed by atoms with van der Waals surface area (Å²) in [5.41, 5.74) is 6.17. The van der Waals surface area contributed by atoms with Crippen LogP contribution in [0.25, 0.3) is 5.69 Å². The van der Waals surface area contributed by atoms with E-state index in [1.807, 2.05) is 6.92 Å². The first kappa shape index (κ1) is 14.0.